The van der Waals surface area contributed by atoms with Crippen molar-refractivity contribution >= 4 is 11.9 Å². The van der Waals surface area contributed by atoms with Gasteiger partial charge in [0.2, 0.25) is 5.91 Å². The molecule has 0 spiro atoms. The maximum absolute atomic E-state index is 12.6. The van der Waals surface area contributed by atoms with E-state index in [-0.39, 0.29) is 11.9 Å². The van der Waals surface area contributed by atoms with Crippen LogP contribution in [0.2, 0.25) is 0 Å². The molecule has 23 heavy (non-hydrogen) atoms. The molecule has 0 aromatic heterocycles. The first-order valence-electron chi connectivity index (χ1n) is 8.26. The molecule has 1 aliphatic heterocycles. The van der Waals surface area contributed by atoms with Gasteiger partial charge >= 0.3 is 5.97 Å². The van der Waals surface area contributed by atoms with E-state index >= 15 is 0 Å². The van der Waals surface area contributed by atoms with E-state index in [2.05, 4.69) is 6.58 Å². The van der Waals surface area contributed by atoms with Crippen LogP contribution in [0.4, 0.5) is 0 Å². The lowest BCUT2D eigenvalue weighted by atomic mass is 9.64. The van der Waals surface area contributed by atoms with Crippen molar-refractivity contribution in [2.24, 2.45) is 5.41 Å². The quantitative estimate of drug-likeness (QED) is 0.579. The lowest BCUT2D eigenvalue weighted by Crippen LogP contribution is -2.49. The Labute approximate surface area is 137 Å². The highest BCUT2D eigenvalue weighted by Crippen LogP contribution is 2.50. The lowest BCUT2D eigenvalue weighted by Gasteiger charge is -2.43. The fourth-order valence-electron chi connectivity index (χ4n) is 3.71. The minimum absolute atomic E-state index is 0.0459. The molecule has 3 rings (SSSR count). The van der Waals surface area contributed by atoms with Crippen molar-refractivity contribution in [3.63, 3.8) is 0 Å². The summed E-state index contributed by atoms with van der Waals surface area (Å²) >= 11 is 0. The van der Waals surface area contributed by atoms with Crippen molar-refractivity contribution in [2.45, 2.75) is 38.1 Å². The summed E-state index contributed by atoms with van der Waals surface area (Å²) in [5.74, 6) is -0.227. The molecular weight excluding hydrogens is 290 g/mol. The maximum atomic E-state index is 12.6. The molecule has 4 heteroatoms. The molecule has 1 amide bonds. The molecule has 0 bridgehead atoms. The second kappa shape index (κ2) is 5.84. The first kappa shape index (κ1) is 15.8. The van der Waals surface area contributed by atoms with Crippen molar-refractivity contribution in [2.75, 3.05) is 13.2 Å². The van der Waals surface area contributed by atoms with Crippen LogP contribution in [0, 0.1) is 5.41 Å². The molecule has 0 N–H and O–H groups in total. The van der Waals surface area contributed by atoms with E-state index in [4.69, 9.17) is 4.74 Å². The van der Waals surface area contributed by atoms with E-state index < -0.39 is 11.0 Å². The number of hydrogen-bond acceptors (Lipinski definition) is 3. The summed E-state index contributed by atoms with van der Waals surface area (Å²) in [4.78, 5) is 26.9. The van der Waals surface area contributed by atoms with E-state index in [9.17, 15) is 9.59 Å². The molecule has 0 aromatic carbocycles. The van der Waals surface area contributed by atoms with Gasteiger partial charge in [-0.2, -0.15) is 0 Å². The average Bonchev–Trinajstić information content (AvgIpc) is 2.90. The Morgan fingerprint density at radius 2 is 2.22 bits per heavy atom. The summed E-state index contributed by atoms with van der Waals surface area (Å²) in [5.41, 5.74) is -0.183. The first-order chi connectivity index (χ1) is 11.1. The van der Waals surface area contributed by atoms with Gasteiger partial charge < -0.3 is 9.64 Å². The predicted molar refractivity (Wildman–Crippen MR) is 88.5 cm³/mol. The van der Waals surface area contributed by atoms with Crippen molar-refractivity contribution in [1.82, 2.24) is 4.90 Å². The third-order valence-corrected chi connectivity index (χ3v) is 5.31. The second-order valence-electron chi connectivity index (χ2n) is 6.44. The largest absolute Gasteiger partial charge is 0.465 e. The standard InChI is InChI=1S/C19H23NO3/c1-3-18(9-6-5-7-10-18)20-14-15(13-16(20)21)19(11-8-12-19)17(22)23-4-2/h3,5-7,9,13H,1,4,8,10-12,14H2,2H3/t18-/m0/s1. The number of hydrogen-bond donors (Lipinski definition) is 0. The van der Waals surface area contributed by atoms with E-state index in [0.717, 1.165) is 24.8 Å². The van der Waals surface area contributed by atoms with Gasteiger partial charge in [-0.3, -0.25) is 9.59 Å². The van der Waals surface area contributed by atoms with Gasteiger partial charge in [0, 0.05) is 12.6 Å². The normalized spacial score (nSPS) is 28.3. The number of carbonyl (C=O) groups is 2. The smallest absolute Gasteiger partial charge is 0.316 e. The Hall–Kier alpha value is -2.10. The molecule has 2 aliphatic carbocycles. The Morgan fingerprint density at radius 1 is 1.43 bits per heavy atom. The number of nitrogens with zero attached hydrogens (tertiary/aromatic N) is 1. The Morgan fingerprint density at radius 3 is 2.74 bits per heavy atom. The minimum atomic E-state index is -0.586. The maximum Gasteiger partial charge on any atom is 0.316 e. The van der Waals surface area contributed by atoms with Crippen LogP contribution in [0.5, 0.6) is 0 Å². The number of rotatable bonds is 5. The lowest BCUT2D eigenvalue weighted by molar-refractivity contribution is -0.158. The van der Waals surface area contributed by atoms with Crippen LogP contribution in [0.1, 0.15) is 32.6 Å². The monoisotopic (exact) mass is 313 g/mol. The third-order valence-electron chi connectivity index (χ3n) is 5.31. The van der Waals surface area contributed by atoms with Crippen LogP contribution < -0.4 is 0 Å². The molecule has 1 saturated carbocycles. The summed E-state index contributed by atoms with van der Waals surface area (Å²) in [6, 6.07) is 0. The second-order valence-corrected chi connectivity index (χ2v) is 6.44. The highest BCUT2D eigenvalue weighted by Gasteiger charge is 2.52. The molecule has 0 radical (unpaired) electrons. The van der Waals surface area contributed by atoms with Gasteiger partial charge in [0.15, 0.2) is 0 Å². The molecular formula is C19H23NO3. The van der Waals surface area contributed by atoms with Crippen molar-refractivity contribution in [3.8, 4) is 0 Å². The van der Waals surface area contributed by atoms with Crippen molar-refractivity contribution < 1.29 is 14.3 Å². The summed E-state index contributed by atoms with van der Waals surface area (Å²) < 4.78 is 5.27. The van der Waals surface area contributed by atoms with Crippen LogP contribution in [0.3, 0.4) is 0 Å². The van der Waals surface area contributed by atoms with Crippen LogP contribution in [-0.2, 0) is 14.3 Å². The van der Waals surface area contributed by atoms with E-state index in [1.54, 1.807) is 6.08 Å². The zero-order valence-corrected chi connectivity index (χ0v) is 13.6. The Kier molecular flexibility index (Phi) is 4.00. The molecule has 0 saturated heterocycles. The fraction of sp³-hybridized carbons (Fsp3) is 0.474. The van der Waals surface area contributed by atoms with Gasteiger partial charge in [-0.05, 0) is 31.8 Å². The van der Waals surface area contributed by atoms with Gasteiger partial charge in [0.05, 0.1) is 17.6 Å². The number of esters is 1. The van der Waals surface area contributed by atoms with E-state index in [1.165, 1.54) is 0 Å². The van der Waals surface area contributed by atoms with Crippen LogP contribution in [0.25, 0.3) is 0 Å². The molecule has 3 aliphatic rings. The van der Waals surface area contributed by atoms with Crippen molar-refractivity contribution in [1.29, 1.82) is 0 Å². The van der Waals surface area contributed by atoms with Gasteiger partial charge in [-0.25, -0.2) is 0 Å². The average molecular weight is 313 g/mol. The number of ether oxygens (including phenoxy) is 1. The first-order valence-corrected chi connectivity index (χ1v) is 8.26. The third kappa shape index (κ3) is 2.37. The Balaban J connectivity index is 1.85. The zero-order valence-electron chi connectivity index (χ0n) is 13.6. The molecule has 4 nitrogen and oxygen atoms in total. The van der Waals surface area contributed by atoms with Crippen LogP contribution in [-0.4, -0.2) is 35.5 Å². The van der Waals surface area contributed by atoms with Gasteiger partial charge in [0.25, 0.3) is 0 Å². The van der Waals surface area contributed by atoms with Crippen molar-refractivity contribution in [3.05, 3.63) is 48.6 Å². The molecule has 0 unspecified atom stereocenters. The van der Waals surface area contributed by atoms with Gasteiger partial charge in [0.1, 0.15) is 0 Å². The van der Waals surface area contributed by atoms with E-state index in [1.807, 2.05) is 42.2 Å². The summed E-state index contributed by atoms with van der Waals surface area (Å²) in [6.07, 6.45) is 14.7. The van der Waals surface area contributed by atoms with Crippen LogP contribution in [0.15, 0.2) is 48.6 Å². The summed E-state index contributed by atoms with van der Waals surface area (Å²) in [7, 11) is 0. The molecule has 0 aromatic rings. The SMILES string of the molecule is C=C[C@]1(N2CC(C3(C(=O)OCC)CCC3)=CC2=O)C=CC=CC1. The Bertz CT molecular complexity index is 625. The molecule has 1 heterocycles. The number of carbonyl (C=O) groups excluding carboxylic acids is 2. The highest BCUT2D eigenvalue weighted by atomic mass is 16.5. The molecule has 1 atom stereocenters. The minimum Gasteiger partial charge on any atom is -0.465 e. The van der Waals surface area contributed by atoms with Gasteiger partial charge in [-0.1, -0.05) is 36.8 Å². The van der Waals surface area contributed by atoms with Gasteiger partial charge in [-0.15, -0.1) is 6.58 Å². The number of allylic oxidation sites excluding steroid dienone is 2. The summed E-state index contributed by atoms with van der Waals surface area (Å²) in [6.45, 7) is 6.59. The topological polar surface area (TPSA) is 46.6 Å². The summed E-state index contributed by atoms with van der Waals surface area (Å²) in [5, 5.41) is 0. The van der Waals surface area contributed by atoms with Crippen LogP contribution >= 0.6 is 0 Å². The fourth-order valence-corrected chi connectivity index (χ4v) is 3.71. The zero-order chi connectivity index (χ0) is 16.5. The predicted octanol–water partition coefficient (Wildman–Crippen LogP) is 2.93. The van der Waals surface area contributed by atoms with E-state index in [0.29, 0.717) is 19.6 Å². The molecule has 1 fully saturated rings. The highest BCUT2D eigenvalue weighted by molar-refractivity contribution is 5.95. The molecule has 122 valence electrons. The number of amides is 1.